The summed E-state index contributed by atoms with van der Waals surface area (Å²) in [5, 5.41) is 12.5. The smallest absolute Gasteiger partial charge is 0.265 e. The monoisotopic (exact) mass is 457 g/mol. The highest BCUT2D eigenvalue weighted by Gasteiger charge is 2.40. The molecule has 3 aromatic rings. The van der Waals surface area contributed by atoms with Gasteiger partial charge in [0.05, 0.1) is 18.1 Å². The Bertz CT molecular complexity index is 1220. The zero-order valence-electron chi connectivity index (χ0n) is 18.4. The Labute approximate surface area is 196 Å². The number of nitriles is 1. The maximum Gasteiger partial charge on any atom is 0.265 e. The van der Waals surface area contributed by atoms with Gasteiger partial charge in [-0.25, -0.2) is 0 Å². The highest BCUT2D eigenvalue weighted by molar-refractivity contribution is 8.05. The molecule has 6 nitrogen and oxygen atoms in total. The van der Waals surface area contributed by atoms with Crippen molar-refractivity contribution in [3.63, 3.8) is 0 Å². The molecular weight excluding hydrogens is 434 g/mol. The molecule has 0 radical (unpaired) electrons. The first-order valence-electron chi connectivity index (χ1n) is 10.5. The van der Waals surface area contributed by atoms with Gasteiger partial charge >= 0.3 is 0 Å². The van der Waals surface area contributed by atoms with E-state index in [0.29, 0.717) is 22.9 Å². The van der Waals surface area contributed by atoms with Crippen LogP contribution in [0.1, 0.15) is 22.5 Å². The first-order valence-corrected chi connectivity index (χ1v) is 11.4. The van der Waals surface area contributed by atoms with Crippen molar-refractivity contribution >= 4 is 29.3 Å². The van der Waals surface area contributed by atoms with Gasteiger partial charge in [0.2, 0.25) is 5.91 Å². The topological polar surface area (TPSA) is 86.3 Å². The van der Waals surface area contributed by atoms with Crippen LogP contribution in [-0.2, 0) is 22.6 Å². The Kier molecular flexibility index (Phi) is 6.66. The fraction of sp³-hybridized carbons (Fsp3) is 0.192. The molecule has 0 bridgehead atoms. The maximum atomic E-state index is 13.5. The van der Waals surface area contributed by atoms with Gasteiger partial charge in [-0.2, -0.15) is 5.26 Å². The number of hydrogen-bond donors (Lipinski definition) is 1. The van der Waals surface area contributed by atoms with E-state index in [1.54, 1.807) is 12.1 Å². The van der Waals surface area contributed by atoms with E-state index >= 15 is 0 Å². The van der Waals surface area contributed by atoms with E-state index in [4.69, 9.17) is 4.42 Å². The molecule has 1 aromatic heterocycles. The first-order chi connectivity index (χ1) is 16.0. The highest BCUT2D eigenvalue weighted by Crippen LogP contribution is 2.42. The van der Waals surface area contributed by atoms with Gasteiger partial charge in [-0.05, 0) is 50.1 Å². The average Bonchev–Trinajstić information content (AvgIpc) is 3.44. The molecule has 1 fully saturated rings. The average molecular weight is 458 g/mol. The van der Waals surface area contributed by atoms with Crippen LogP contribution in [0.3, 0.4) is 0 Å². The van der Waals surface area contributed by atoms with E-state index in [2.05, 4.69) is 5.32 Å². The molecule has 166 valence electrons. The van der Waals surface area contributed by atoms with Crippen LogP contribution < -0.4 is 10.2 Å². The second-order valence-corrected chi connectivity index (χ2v) is 9.05. The van der Waals surface area contributed by atoms with Gasteiger partial charge in [0.25, 0.3) is 5.91 Å². The largest absolute Gasteiger partial charge is 0.467 e. The Morgan fingerprint density at radius 3 is 2.36 bits per heavy atom. The third-order valence-corrected chi connectivity index (χ3v) is 6.61. The van der Waals surface area contributed by atoms with Crippen LogP contribution in [0.25, 0.3) is 0 Å². The minimum atomic E-state index is -0.544. The summed E-state index contributed by atoms with van der Waals surface area (Å²) in [4.78, 5) is 27.9. The van der Waals surface area contributed by atoms with Crippen LogP contribution in [0.5, 0.6) is 0 Å². The Morgan fingerprint density at radius 2 is 1.76 bits per heavy atom. The standard InChI is InChI=1S/C26H23N3O3S/c1-17-5-9-19(10-6-17)14-23-25(31)29(20-11-7-18(2)8-12-20)26(33-23)22(15-27)24(30)28-16-21-4-3-13-32-21/h3-13,23H,14,16H2,1-2H3,(H,28,30)/b26-22-. The molecule has 0 spiro atoms. The molecule has 0 saturated carbocycles. The summed E-state index contributed by atoms with van der Waals surface area (Å²) in [5.41, 5.74) is 3.76. The van der Waals surface area contributed by atoms with E-state index in [9.17, 15) is 14.9 Å². The van der Waals surface area contributed by atoms with Crippen LogP contribution in [-0.4, -0.2) is 17.1 Å². The lowest BCUT2D eigenvalue weighted by Gasteiger charge is -2.19. The lowest BCUT2D eigenvalue weighted by molar-refractivity contribution is -0.117. The van der Waals surface area contributed by atoms with Gasteiger partial charge in [-0.1, -0.05) is 59.3 Å². The van der Waals surface area contributed by atoms with Crippen LogP contribution in [0.15, 0.2) is 81.9 Å². The second kappa shape index (κ2) is 9.80. The number of benzene rings is 2. The van der Waals surface area contributed by atoms with Crippen LogP contribution in [0.4, 0.5) is 5.69 Å². The molecule has 2 aromatic carbocycles. The number of anilines is 1. The number of nitrogens with zero attached hydrogens (tertiary/aromatic N) is 2. The number of carbonyl (C=O) groups excluding carboxylic acids is 2. The molecule has 1 atom stereocenters. The molecular formula is C26H23N3O3S. The fourth-order valence-electron chi connectivity index (χ4n) is 3.52. The van der Waals surface area contributed by atoms with Gasteiger partial charge in [0, 0.05) is 5.69 Å². The van der Waals surface area contributed by atoms with Crippen molar-refractivity contribution in [1.82, 2.24) is 5.32 Å². The zero-order valence-corrected chi connectivity index (χ0v) is 19.2. The lowest BCUT2D eigenvalue weighted by atomic mass is 10.1. The SMILES string of the molecule is Cc1ccc(CC2S/C(=C(/C#N)C(=O)NCc3ccco3)N(c3ccc(C)cc3)C2=O)cc1. The maximum absolute atomic E-state index is 13.5. The summed E-state index contributed by atoms with van der Waals surface area (Å²) in [6, 6.07) is 21.0. The third-order valence-electron chi connectivity index (χ3n) is 5.34. The van der Waals surface area contributed by atoms with E-state index in [1.807, 2.05) is 68.4 Å². The van der Waals surface area contributed by atoms with E-state index in [0.717, 1.165) is 16.7 Å². The minimum Gasteiger partial charge on any atom is -0.467 e. The lowest BCUT2D eigenvalue weighted by Crippen LogP contribution is -2.32. The van der Waals surface area contributed by atoms with Crippen molar-refractivity contribution in [1.29, 1.82) is 5.26 Å². The Hall–Kier alpha value is -3.76. The molecule has 1 unspecified atom stereocenters. The highest BCUT2D eigenvalue weighted by atomic mass is 32.2. The number of amides is 2. The number of rotatable bonds is 6. The van der Waals surface area contributed by atoms with Crippen molar-refractivity contribution in [2.24, 2.45) is 0 Å². The van der Waals surface area contributed by atoms with Crippen molar-refractivity contribution in [3.05, 3.63) is 100.0 Å². The molecule has 4 rings (SSSR count). The summed E-state index contributed by atoms with van der Waals surface area (Å²) in [7, 11) is 0. The summed E-state index contributed by atoms with van der Waals surface area (Å²) in [6.45, 7) is 4.13. The summed E-state index contributed by atoms with van der Waals surface area (Å²) in [6.07, 6.45) is 2.02. The predicted octanol–water partition coefficient (Wildman–Crippen LogP) is 4.64. The molecule has 0 aliphatic carbocycles. The third kappa shape index (κ3) is 5.02. The molecule has 1 aliphatic rings. The van der Waals surface area contributed by atoms with E-state index in [1.165, 1.54) is 22.9 Å². The van der Waals surface area contributed by atoms with Crippen molar-refractivity contribution in [2.75, 3.05) is 4.90 Å². The number of aryl methyl sites for hydroxylation is 2. The summed E-state index contributed by atoms with van der Waals surface area (Å²) in [5.74, 6) is -0.114. The van der Waals surface area contributed by atoms with Gasteiger partial charge in [0.1, 0.15) is 22.4 Å². The van der Waals surface area contributed by atoms with Crippen molar-refractivity contribution in [2.45, 2.75) is 32.1 Å². The number of carbonyl (C=O) groups is 2. The molecule has 33 heavy (non-hydrogen) atoms. The number of hydrogen-bond acceptors (Lipinski definition) is 5. The van der Waals surface area contributed by atoms with Gasteiger partial charge in [-0.15, -0.1) is 0 Å². The van der Waals surface area contributed by atoms with E-state index in [-0.39, 0.29) is 18.0 Å². The van der Waals surface area contributed by atoms with Crippen molar-refractivity contribution in [3.8, 4) is 6.07 Å². The van der Waals surface area contributed by atoms with Gasteiger partial charge in [-0.3, -0.25) is 14.5 Å². The first kappa shape index (κ1) is 22.4. The fourth-order valence-corrected chi connectivity index (χ4v) is 4.83. The van der Waals surface area contributed by atoms with Gasteiger partial charge < -0.3 is 9.73 Å². The number of thioether (sulfide) groups is 1. The molecule has 2 heterocycles. The van der Waals surface area contributed by atoms with Gasteiger partial charge in [0.15, 0.2) is 0 Å². The molecule has 1 N–H and O–H groups in total. The number of nitrogens with one attached hydrogen (secondary N) is 1. The Balaban J connectivity index is 1.67. The second-order valence-electron chi connectivity index (χ2n) is 7.86. The van der Waals surface area contributed by atoms with E-state index < -0.39 is 11.2 Å². The minimum absolute atomic E-state index is 0.0908. The Morgan fingerprint density at radius 1 is 1.09 bits per heavy atom. The molecule has 1 saturated heterocycles. The normalized spacial score (nSPS) is 17.1. The number of furan rings is 1. The molecule has 2 amide bonds. The van der Waals surface area contributed by atoms with Crippen molar-refractivity contribution < 1.29 is 14.0 Å². The van der Waals surface area contributed by atoms with Crippen LogP contribution >= 0.6 is 11.8 Å². The molecule has 1 aliphatic heterocycles. The van der Waals surface area contributed by atoms with Crippen LogP contribution in [0.2, 0.25) is 0 Å². The summed E-state index contributed by atoms with van der Waals surface area (Å²) >= 11 is 1.26. The predicted molar refractivity (Wildman–Crippen MR) is 128 cm³/mol. The summed E-state index contributed by atoms with van der Waals surface area (Å²) < 4.78 is 5.25. The van der Waals surface area contributed by atoms with Crippen LogP contribution in [0, 0.1) is 25.2 Å². The zero-order chi connectivity index (χ0) is 23.4. The quantitative estimate of drug-likeness (QED) is 0.431. The molecule has 7 heteroatoms.